The average molecular weight is 268 g/mol. The van der Waals surface area contributed by atoms with Crippen LogP contribution in [0.4, 0.5) is 5.69 Å². The van der Waals surface area contributed by atoms with Crippen LogP contribution >= 0.6 is 0 Å². The highest BCUT2D eigenvalue weighted by Gasteiger charge is 2.30. The Bertz CT molecular complexity index is 556. The summed E-state index contributed by atoms with van der Waals surface area (Å²) in [6.07, 6.45) is 5.99. The maximum atomic E-state index is 5.93. The van der Waals surface area contributed by atoms with Crippen LogP contribution in [0.5, 0.6) is 5.75 Å². The van der Waals surface area contributed by atoms with E-state index in [-0.39, 0.29) is 0 Å². The molecule has 1 saturated heterocycles. The van der Waals surface area contributed by atoms with Crippen molar-refractivity contribution in [3.05, 3.63) is 61.0 Å². The Labute approximate surface area is 120 Å². The van der Waals surface area contributed by atoms with Gasteiger partial charge in [-0.05, 0) is 43.7 Å². The lowest BCUT2D eigenvalue weighted by Gasteiger charge is -2.40. The molecule has 1 N–H and O–H groups in total. The number of anilines is 1. The SMILES string of the molecule is C=CC1=C(C=C)N(C2CCCNC2)c2ccccc2O1. The molecule has 1 aromatic carbocycles. The summed E-state index contributed by atoms with van der Waals surface area (Å²) in [5, 5.41) is 3.48. The maximum absolute atomic E-state index is 5.93. The number of benzene rings is 1. The van der Waals surface area contributed by atoms with Crippen molar-refractivity contribution < 1.29 is 4.74 Å². The average Bonchev–Trinajstić information content (AvgIpc) is 2.53. The topological polar surface area (TPSA) is 24.5 Å². The minimum Gasteiger partial charge on any atom is -0.453 e. The van der Waals surface area contributed by atoms with Crippen LogP contribution in [0, 0.1) is 0 Å². The highest BCUT2D eigenvalue weighted by molar-refractivity contribution is 5.68. The van der Waals surface area contributed by atoms with Gasteiger partial charge in [0.1, 0.15) is 0 Å². The van der Waals surface area contributed by atoms with Gasteiger partial charge in [-0.2, -0.15) is 0 Å². The fourth-order valence-electron chi connectivity index (χ4n) is 2.95. The van der Waals surface area contributed by atoms with E-state index in [1.807, 2.05) is 24.3 Å². The Morgan fingerprint density at radius 1 is 1.25 bits per heavy atom. The molecule has 0 bridgehead atoms. The van der Waals surface area contributed by atoms with E-state index in [1.54, 1.807) is 6.08 Å². The summed E-state index contributed by atoms with van der Waals surface area (Å²) in [5.74, 6) is 1.67. The third-order valence-corrected chi connectivity index (χ3v) is 3.87. The zero-order chi connectivity index (χ0) is 13.9. The van der Waals surface area contributed by atoms with E-state index in [9.17, 15) is 0 Å². The molecule has 0 radical (unpaired) electrons. The van der Waals surface area contributed by atoms with Gasteiger partial charge in [-0.3, -0.25) is 0 Å². The van der Waals surface area contributed by atoms with Crippen LogP contribution in [0.2, 0.25) is 0 Å². The number of para-hydroxylation sites is 2. The summed E-state index contributed by atoms with van der Waals surface area (Å²) in [4.78, 5) is 2.34. The predicted molar refractivity (Wildman–Crippen MR) is 82.9 cm³/mol. The number of fused-ring (bicyclic) bond motifs is 1. The molecule has 20 heavy (non-hydrogen) atoms. The van der Waals surface area contributed by atoms with Crippen molar-refractivity contribution in [1.29, 1.82) is 0 Å². The number of rotatable bonds is 3. The molecule has 0 amide bonds. The first-order chi connectivity index (χ1) is 9.85. The van der Waals surface area contributed by atoms with Crippen molar-refractivity contribution in [1.82, 2.24) is 5.32 Å². The zero-order valence-electron chi connectivity index (χ0n) is 11.6. The first kappa shape index (κ1) is 13.0. The van der Waals surface area contributed by atoms with Gasteiger partial charge in [0.2, 0.25) is 0 Å². The first-order valence-electron chi connectivity index (χ1n) is 7.11. The molecule has 0 aliphatic carbocycles. The van der Waals surface area contributed by atoms with Gasteiger partial charge in [0, 0.05) is 12.6 Å². The molecule has 2 aliphatic rings. The van der Waals surface area contributed by atoms with E-state index >= 15 is 0 Å². The zero-order valence-corrected chi connectivity index (χ0v) is 11.6. The third kappa shape index (κ3) is 2.14. The third-order valence-electron chi connectivity index (χ3n) is 3.87. The molecule has 3 nitrogen and oxygen atoms in total. The molecule has 2 heterocycles. The molecule has 1 aromatic rings. The Kier molecular flexibility index (Phi) is 3.61. The summed E-state index contributed by atoms with van der Waals surface area (Å²) >= 11 is 0. The number of nitrogens with zero attached hydrogens (tertiary/aromatic N) is 1. The normalized spacial score (nSPS) is 22.0. The van der Waals surface area contributed by atoms with E-state index < -0.39 is 0 Å². The molecule has 0 aromatic heterocycles. The number of hydrogen-bond donors (Lipinski definition) is 1. The van der Waals surface area contributed by atoms with Crippen LogP contribution in [0.25, 0.3) is 0 Å². The van der Waals surface area contributed by atoms with Gasteiger partial charge in [-0.15, -0.1) is 0 Å². The molecule has 0 spiro atoms. The molecular weight excluding hydrogens is 248 g/mol. The van der Waals surface area contributed by atoms with Gasteiger partial charge in [0.05, 0.1) is 11.4 Å². The number of allylic oxidation sites excluding steroid dienone is 2. The molecule has 104 valence electrons. The summed E-state index contributed by atoms with van der Waals surface area (Å²) < 4.78 is 5.93. The molecule has 3 heteroatoms. The molecule has 1 atom stereocenters. The maximum Gasteiger partial charge on any atom is 0.151 e. The summed E-state index contributed by atoms with van der Waals surface area (Å²) in [5.41, 5.74) is 2.12. The molecule has 2 aliphatic heterocycles. The highest BCUT2D eigenvalue weighted by Crippen LogP contribution is 2.40. The van der Waals surface area contributed by atoms with E-state index in [0.717, 1.165) is 36.0 Å². The van der Waals surface area contributed by atoms with Crippen LogP contribution in [0.3, 0.4) is 0 Å². The standard InChI is InChI=1S/C17H20N2O/c1-3-14-16(4-2)20-17-10-6-5-9-15(17)19(14)13-8-7-11-18-12-13/h3-6,9-10,13,18H,1-2,7-8,11-12H2. The van der Waals surface area contributed by atoms with Crippen molar-refractivity contribution in [2.45, 2.75) is 18.9 Å². The first-order valence-corrected chi connectivity index (χ1v) is 7.11. The van der Waals surface area contributed by atoms with Crippen molar-refractivity contribution >= 4 is 5.69 Å². The Morgan fingerprint density at radius 3 is 2.80 bits per heavy atom. The number of piperidine rings is 1. The lowest BCUT2D eigenvalue weighted by atomic mass is 10.0. The lowest BCUT2D eigenvalue weighted by Crippen LogP contribution is -2.46. The van der Waals surface area contributed by atoms with Gasteiger partial charge in [-0.25, -0.2) is 0 Å². The van der Waals surface area contributed by atoms with Gasteiger partial charge in [0.25, 0.3) is 0 Å². The minimum atomic E-state index is 0.428. The molecular formula is C17H20N2O. The predicted octanol–water partition coefficient (Wildman–Crippen LogP) is 3.22. The Balaban J connectivity index is 2.08. The van der Waals surface area contributed by atoms with E-state index in [1.165, 1.54) is 12.8 Å². The monoisotopic (exact) mass is 268 g/mol. The van der Waals surface area contributed by atoms with Crippen molar-refractivity contribution in [2.75, 3.05) is 18.0 Å². The Morgan fingerprint density at radius 2 is 2.10 bits per heavy atom. The van der Waals surface area contributed by atoms with Gasteiger partial charge < -0.3 is 15.0 Å². The second kappa shape index (κ2) is 5.55. The van der Waals surface area contributed by atoms with Crippen LogP contribution in [0.1, 0.15) is 12.8 Å². The van der Waals surface area contributed by atoms with E-state index in [0.29, 0.717) is 6.04 Å². The number of hydrogen-bond acceptors (Lipinski definition) is 3. The van der Waals surface area contributed by atoms with Gasteiger partial charge in [0.15, 0.2) is 11.5 Å². The lowest BCUT2D eigenvalue weighted by molar-refractivity contribution is 0.398. The van der Waals surface area contributed by atoms with Gasteiger partial charge >= 0.3 is 0 Å². The highest BCUT2D eigenvalue weighted by atomic mass is 16.5. The second-order valence-electron chi connectivity index (χ2n) is 5.10. The van der Waals surface area contributed by atoms with Crippen LogP contribution in [-0.2, 0) is 0 Å². The van der Waals surface area contributed by atoms with Crippen molar-refractivity contribution in [3.8, 4) is 5.75 Å². The summed E-state index contributed by atoms with van der Waals surface area (Å²) in [7, 11) is 0. The molecule has 1 fully saturated rings. The van der Waals surface area contributed by atoms with Crippen LogP contribution in [0.15, 0.2) is 61.0 Å². The van der Waals surface area contributed by atoms with Gasteiger partial charge in [-0.1, -0.05) is 25.3 Å². The van der Waals surface area contributed by atoms with Crippen LogP contribution < -0.4 is 15.0 Å². The summed E-state index contributed by atoms with van der Waals surface area (Å²) in [6.45, 7) is 9.90. The fourth-order valence-corrected chi connectivity index (χ4v) is 2.95. The molecule has 1 unspecified atom stereocenters. The Hall–Kier alpha value is -2.00. The fraction of sp³-hybridized carbons (Fsp3) is 0.294. The largest absolute Gasteiger partial charge is 0.453 e. The van der Waals surface area contributed by atoms with E-state index in [4.69, 9.17) is 4.74 Å². The second-order valence-corrected chi connectivity index (χ2v) is 5.10. The van der Waals surface area contributed by atoms with Crippen molar-refractivity contribution in [3.63, 3.8) is 0 Å². The smallest absolute Gasteiger partial charge is 0.151 e. The molecule has 3 rings (SSSR count). The number of ether oxygens (including phenoxy) is 1. The van der Waals surface area contributed by atoms with Crippen molar-refractivity contribution in [2.24, 2.45) is 0 Å². The minimum absolute atomic E-state index is 0.428. The molecule has 0 saturated carbocycles. The van der Waals surface area contributed by atoms with Crippen LogP contribution in [-0.4, -0.2) is 19.1 Å². The number of nitrogens with one attached hydrogen (secondary N) is 1. The van der Waals surface area contributed by atoms with E-state index in [2.05, 4.69) is 29.4 Å². The quantitative estimate of drug-likeness (QED) is 0.911. The summed E-state index contributed by atoms with van der Waals surface area (Å²) in [6, 6.07) is 8.58.